The number of rotatable bonds is 6. The molecule has 0 heterocycles. The van der Waals surface area contributed by atoms with Crippen LogP contribution in [0.1, 0.15) is 30.9 Å². The largest absolute Gasteiger partial charge is 0.481 e. The standard InChI is InChI=1S/C14H15F5O2/c1-8(14(18,19)7-15)11(12(20)21)9-3-5-10(6-4-9)13(2,16)17/h3-6,8,11H,7H2,1-2H3,(H,20,21)/t8-,11+/m1/s1. The van der Waals surface area contributed by atoms with E-state index in [2.05, 4.69) is 0 Å². The molecule has 0 aliphatic heterocycles. The van der Waals surface area contributed by atoms with E-state index in [0.29, 0.717) is 6.92 Å². The number of aliphatic carboxylic acids is 1. The highest BCUT2D eigenvalue weighted by molar-refractivity contribution is 5.76. The van der Waals surface area contributed by atoms with Gasteiger partial charge in [-0.3, -0.25) is 4.79 Å². The lowest BCUT2D eigenvalue weighted by atomic mass is 9.83. The first kappa shape index (κ1) is 17.4. The Hall–Kier alpha value is -1.66. The number of carboxylic acid groups (broad SMARTS) is 1. The van der Waals surface area contributed by atoms with E-state index in [0.717, 1.165) is 31.2 Å². The van der Waals surface area contributed by atoms with Crippen LogP contribution in [0, 0.1) is 5.92 Å². The first-order chi connectivity index (χ1) is 9.50. The van der Waals surface area contributed by atoms with E-state index in [1.807, 2.05) is 0 Å². The molecule has 0 saturated heterocycles. The second kappa shape index (κ2) is 5.99. The van der Waals surface area contributed by atoms with E-state index in [1.165, 1.54) is 0 Å². The van der Waals surface area contributed by atoms with Crippen molar-refractivity contribution >= 4 is 5.97 Å². The molecule has 0 radical (unpaired) electrons. The third-order valence-corrected chi connectivity index (χ3v) is 3.39. The van der Waals surface area contributed by atoms with Crippen LogP contribution < -0.4 is 0 Å². The van der Waals surface area contributed by atoms with Crippen molar-refractivity contribution in [3.8, 4) is 0 Å². The van der Waals surface area contributed by atoms with Gasteiger partial charge in [-0.25, -0.2) is 22.0 Å². The minimum atomic E-state index is -3.81. The summed E-state index contributed by atoms with van der Waals surface area (Å²) in [4.78, 5) is 11.2. The summed E-state index contributed by atoms with van der Waals surface area (Å²) in [5.74, 6) is -12.0. The van der Waals surface area contributed by atoms with Crippen LogP contribution in [0.4, 0.5) is 22.0 Å². The van der Waals surface area contributed by atoms with Crippen molar-refractivity contribution in [2.24, 2.45) is 5.92 Å². The van der Waals surface area contributed by atoms with Gasteiger partial charge in [-0.1, -0.05) is 31.2 Å². The Kier molecular flexibility index (Phi) is 4.96. The van der Waals surface area contributed by atoms with Crippen molar-refractivity contribution in [1.82, 2.24) is 0 Å². The van der Waals surface area contributed by atoms with Crippen molar-refractivity contribution in [2.45, 2.75) is 31.6 Å². The molecule has 0 amide bonds. The molecule has 0 spiro atoms. The van der Waals surface area contributed by atoms with E-state index >= 15 is 0 Å². The Morgan fingerprint density at radius 3 is 2.00 bits per heavy atom. The Balaban J connectivity index is 3.16. The molecule has 0 unspecified atom stereocenters. The molecule has 1 aromatic carbocycles. The quantitative estimate of drug-likeness (QED) is 0.799. The summed E-state index contributed by atoms with van der Waals surface area (Å²) in [6.07, 6.45) is 0. The van der Waals surface area contributed by atoms with E-state index in [1.54, 1.807) is 0 Å². The maximum absolute atomic E-state index is 13.4. The summed E-state index contributed by atoms with van der Waals surface area (Å²) < 4.78 is 65.2. The van der Waals surface area contributed by atoms with Gasteiger partial charge in [0, 0.05) is 18.4 Å². The third-order valence-electron chi connectivity index (χ3n) is 3.39. The van der Waals surface area contributed by atoms with Crippen LogP contribution in [-0.2, 0) is 10.7 Å². The van der Waals surface area contributed by atoms with Crippen LogP contribution in [0.5, 0.6) is 0 Å². The number of benzene rings is 1. The van der Waals surface area contributed by atoms with Crippen LogP contribution >= 0.6 is 0 Å². The SMILES string of the molecule is C[C@H]([C@H](C(=O)O)c1ccc(C(C)(F)F)cc1)C(F)(F)CF. The molecule has 118 valence electrons. The van der Waals surface area contributed by atoms with Gasteiger partial charge < -0.3 is 5.11 Å². The predicted octanol–water partition coefficient (Wildman–Crippen LogP) is 4.21. The van der Waals surface area contributed by atoms with Crippen molar-refractivity contribution in [2.75, 3.05) is 6.67 Å². The summed E-state index contributed by atoms with van der Waals surface area (Å²) in [6.45, 7) is -0.402. The zero-order valence-corrected chi connectivity index (χ0v) is 11.4. The number of carbonyl (C=O) groups is 1. The molecule has 0 aromatic heterocycles. The molecule has 1 rings (SSSR count). The van der Waals surface area contributed by atoms with Gasteiger partial charge in [0.05, 0.1) is 5.92 Å². The van der Waals surface area contributed by atoms with Gasteiger partial charge in [0.2, 0.25) is 0 Å². The molecular weight excluding hydrogens is 295 g/mol. The predicted molar refractivity (Wildman–Crippen MR) is 66.5 cm³/mol. The molecule has 2 atom stereocenters. The third kappa shape index (κ3) is 3.92. The van der Waals surface area contributed by atoms with Gasteiger partial charge in [-0.05, 0) is 5.56 Å². The van der Waals surface area contributed by atoms with Gasteiger partial charge in [0.25, 0.3) is 11.8 Å². The molecule has 0 aliphatic rings. The van der Waals surface area contributed by atoms with Crippen LogP contribution in [0.25, 0.3) is 0 Å². The zero-order chi connectivity index (χ0) is 16.4. The highest BCUT2D eigenvalue weighted by Gasteiger charge is 2.44. The van der Waals surface area contributed by atoms with Gasteiger partial charge in [-0.2, -0.15) is 0 Å². The van der Waals surface area contributed by atoms with Crippen LogP contribution in [0.3, 0.4) is 0 Å². The molecule has 1 aromatic rings. The Labute approximate surface area is 118 Å². The minimum Gasteiger partial charge on any atom is -0.481 e. The van der Waals surface area contributed by atoms with Crippen molar-refractivity contribution in [3.63, 3.8) is 0 Å². The number of halogens is 5. The molecule has 7 heteroatoms. The number of carboxylic acids is 1. The Bertz CT molecular complexity index is 493. The Morgan fingerprint density at radius 2 is 1.67 bits per heavy atom. The van der Waals surface area contributed by atoms with Crippen molar-refractivity contribution in [1.29, 1.82) is 0 Å². The van der Waals surface area contributed by atoms with Crippen LogP contribution in [-0.4, -0.2) is 23.7 Å². The van der Waals surface area contributed by atoms with E-state index in [4.69, 9.17) is 5.11 Å². The molecular formula is C14H15F5O2. The summed E-state index contributed by atoms with van der Waals surface area (Å²) in [5, 5.41) is 9.08. The molecule has 0 bridgehead atoms. The lowest BCUT2D eigenvalue weighted by Crippen LogP contribution is -2.36. The van der Waals surface area contributed by atoms with Crippen LogP contribution in [0.2, 0.25) is 0 Å². The fourth-order valence-corrected chi connectivity index (χ4v) is 1.99. The fourth-order valence-electron chi connectivity index (χ4n) is 1.99. The normalized spacial score (nSPS) is 15.6. The summed E-state index contributed by atoms with van der Waals surface area (Å²) in [7, 11) is 0. The van der Waals surface area contributed by atoms with Gasteiger partial charge in [-0.15, -0.1) is 0 Å². The van der Waals surface area contributed by atoms with E-state index in [9.17, 15) is 26.7 Å². The van der Waals surface area contributed by atoms with Crippen molar-refractivity contribution < 1.29 is 31.9 Å². The average Bonchev–Trinajstić information content (AvgIpc) is 2.38. The Morgan fingerprint density at radius 1 is 1.19 bits per heavy atom. The van der Waals surface area contributed by atoms with Gasteiger partial charge in [0.1, 0.15) is 0 Å². The maximum Gasteiger partial charge on any atom is 0.311 e. The first-order valence-corrected chi connectivity index (χ1v) is 6.15. The highest BCUT2D eigenvalue weighted by atomic mass is 19.3. The number of alkyl halides is 5. The monoisotopic (exact) mass is 310 g/mol. The maximum atomic E-state index is 13.4. The second-order valence-electron chi connectivity index (χ2n) is 5.01. The molecule has 0 saturated carbocycles. The molecule has 0 aliphatic carbocycles. The van der Waals surface area contributed by atoms with Gasteiger partial charge >= 0.3 is 5.97 Å². The smallest absolute Gasteiger partial charge is 0.311 e. The zero-order valence-electron chi connectivity index (χ0n) is 11.4. The summed E-state index contributed by atoms with van der Waals surface area (Å²) in [6, 6.07) is 4.06. The lowest BCUT2D eigenvalue weighted by molar-refractivity contribution is -0.147. The number of hydrogen-bond acceptors (Lipinski definition) is 1. The first-order valence-electron chi connectivity index (χ1n) is 6.15. The van der Waals surface area contributed by atoms with Crippen molar-refractivity contribution in [3.05, 3.63) is 35.4 Å². The van der Waals surface area contributed by atoms with E-state index < -0.39 is 36.3 Å². The molecule has 1 N–H and O–H groups in total. The second-order valence-corrected chi connectivity index (χ2v) is 5.01. The molecule has 0 fully saturated rings. The summed E-state index contributed by atoms with van der Waals surface area (Å²) in [5.41, 5.74) is -0.434. The van der Waals surface area contributed by atoms with Gasteiger partial charge in [0.15, 0.2) is 6.67 Å². The summed E-state index contributed by atoms with van der Waals surface area (Å²) >= 11 is 0. The average molecular weight is 310 g/mol. The fraction of sp³-hybridized carbons (Fsp3) is 0.500. The molecule has 21 heavy (non-hydrogen) atoms. The number of hydrogen-bond donors (Lipinski definition) is 1. The minimum absolute atomic E-state index is 0.0730. The lowest BCUT2D eigenvalue weighted by Gasteiger charge is -2.27. The van der Waals surface area contributed by atoms with E-state index in [-0.39, 0.29) is 11.1 Å². The topological polar surface area (TPSA) is 37.3 Å². The van der Waals surface area contributed by atoms with Crippen LogP contribution in [0.15, 0.2) is 24.3 Å². The molecule has 2 nitrogen and oxygen atoms in total. The highest BCUT2D eigenvalue weighted by Crippen LogP contribution is 2.38.